The number of fused-ring (bicyclic) bond motifs is 1. The summed E-state index contributed by atoms with van der Waals surface area (Å²) in [5.74, 6) is 2.51. The van der Waals surface area contributed by atoms with E-state index in [0.29, 0.717) is 30.3 Å². The van der Waals surface area contributed by atoms with Crippen LogP contribution in [0.15, 0.2) is 34.7 Å². The van der Waals surface area contributed by atoms with Crippen molar-refractivity contribution in [2.45, 2.75) is 32.9 Å². The second-order valence-corrected chi connectivity index (χ2v) is 5.75. The van der Waals surface area contributed by atoms with E-state index in [1.807, 2.05) is 37.3 Å². The van der Waals surface area contributed by atoms with Gasteiger partial charge in [0.15, 0.2) is 11.5 Å². The van der Waals surface area contributed by atoms with Crippen molar-refractivity contribution in [3.63, 3.8) is 0 Å². The molecule has 0 aliphatic carbocycles. The second-order valence-electron chi connectivity index (χ2n) is 5.75. The molecule has 2 aromatic rings. The highest BCUT2D eigenvalue weighted by Gasteiger charge is 2.13. The number of carbonyl (C=O) groups is 2. The predicted molar refractivity (Wildman–Crippen MR) is 88.9 cm³/mol. The fraction of sp³-hybridized carbons (Fsp3) is 0.333. The minimum absolute atomic E-state index is 0.132. The first kappa shape index (κ1) is 16.9. The summed E-state index contributed by atoms with van der Waals surface area (Å²) in [6.07, 6.45) is 0.264. The largest absolute Gasteiger partial charge is 0.465 e. The van der Waals surface area contributed by atoms with Crippen molar-refractivity contribution in [2.75, 3.05) is 6.79 Å². The summed E-state index contributed by atoms with van der Waals surface area (Å²) in [7, 11) is 0. The van der Waals surface area contributed by atoms with Crippen molar-refractivity contribution >= 4 is 11.8 Å². The van der Waals surface area contributed by atoms with Crippen LogP contribution in [0.2, 0.25) is 0 Å². The number of ether oxygens (including phenoxy) is 2. The first-order valence-corrected chi connectivity index (χ1v) is 8.07. The van der Waals surface area contributed by atoms with Gasteiger partial charge in [-0.1, -0.05) is 6.07 Å². The Balaban J connectivity index is 1.35. The number of hydrogen-bond acceptors (Lipinski definition) is 5. The highest BCUT2D eigenvalue weighted by molar-refractivity contribution is 5.83. The Labute approximate surface area is 145 Å². The molecular formula is C18H20N2O5. The van der Waals surface area contributed by atoms with Gasteiger partial charge in [-0.2, -0.15) is 0 Å². The highest BCUT2D eigenvalue weighted by atomic mass is 16.7. The Morgan fingerprint density at radius 3 is 2.40 bits per heavy atom. The molecule has 25 heavy (non-hydrogen) atoms. The first-order chi connectivity index (χ1) is 12.1. The summed E-state index contributed by atoms with van der Waals surface area (Å²) in [6, 6.07) is 9.17. The minimum Gasteiger partial charge on any atom is -0.465 e. The van der Waals surface area contributed by atoms with E-state index in [1.54, 1.807) is 0 Å². The number of hydrogen-bond donors (Lipinski definition) is 2. The van der Waals surface area contributed by atoms with Crippen LogP contribution in [0.3, 0.4) is 0 Å². The van der Waals surface area contributed by atoms with Crippen molar-refractivity contribution in [1.29, 1.82) is 0 Å². The minimum atomic E-state index is -0.188. The molecule has 7 nitrogen and oxygen atoms in total. The van der Waals surface area contributed by atoms with Crippen molar-refractivity contribution in [2.24, 2.45) is 0 Å². The summed E-state index contributed by atoms with van der Waals surface area (Å²) in [5.41, 5.74) is 0.912. The molecule has 1 aromatic carbocycles. The second kappa shape index (κ2) is 7.74. The lowest BCUT2D eigenvalue weighted by Crippen LogP contribution is -2.27. The van der Waals surface area contributed by atoms with Crippen LogP contribution in [0.1, 0.15) is 29.9 Å². The van der Waals surface area contributed by atoms with Gasteiger partial charge in [-0.05, 0) is 36.8 Å². The van der Waals surface area contributed by atoms with Crippen LogP contribution in [0.5, 0.6) is 11.5 Å². The molecule has 3 rings (SSSR count). The Morgan fingerprint density at radius 2 is 1.68 bits per heavy atom. The Hall–Kier alpha value is -2.96. The first-order valence-electron chi connectivity index (χ1n) is 8.07. The maximum absolute atomic E-state index is 11.9. The SMILES string of the molecule is Cc1ccc(CNC(=O)CCC(=O)NCc2ccc3c(c2)OCO3)o1. The number of carbonyl (C=O) groups excluding carboxylic acids is 2. The molecule has 0 saturated heterocycles. The van der Waals surface area contributed by atoms with Crippen LogP contribution >= 0.6 is 0 Å². The van der Waals surface area contributed by atoms with Crippen LogP contribution in [0, 0.1) is 6.92 Å². The van der Waals surface area contributed by atoms with Crippen molar-refractivity contribution in [1.82, 2.24) is 10.6 Å². The molecule has 1 aliphatic heterocycles. The molecule has 2 heterocycles. The van der Waals surface area contributed by atoms with Crippen molar-refractivity contribution in [3.8, 4) is 11.5 Å². The lowest BCUT2D eigenvalue weighted by Gasteiger charge is -2.07. The van der Waals surface area contributed by atoms with Crippen LogP contribution in [-0.2, 0) is 22.7 Å². The number of rotatable bonds is 7. The predicted octanol–water partition coefficient (Wildman–Crippen LogP) is 2.03. The van der Waals surface area contributed by atoms with Gasteiger partial charge in [-0.3, -0.25) is 9.59 Å². The van der Waals surface area contributed by atoms with E-state index in [1.165, 1.54) is 0 Å². The van der Waals surface area contributed by atoms with Crippen LogP contribution in [0.25, 0.3) is 0 Å². The van der Waals surface area contributed by atoms with Crippen LogP contribution < -0.4 is 20.1 Å². The smallest absolute Gasteiger partial charge is 0.231 e. The molecule has 1 aromatic heterocycles. The zero-order valence-electron chi connectivity index (χ0n) is 14.0. The number of nitrogens with one attached hydrogen (secondary N) is 2. The third-order valence-electron chi connectivity index (χ3n) is 3.76. The maximum Gasteiger partial charge on any atom is 0.231 e. The number of furan rings is 1. The quantitative estimate of drug-likeness (QED) is 0.802. The summed E-state index contributed by atoms with van der Waals surface area (Å²) < 4.78 is 15.9. The molecule has 0 spiro atoms. The number of amides is 2. The van der Waals surface area contributed by atoms with Crippen LogP contribution in [0.4, 0.5) is 0 Å². The standard InChI is InChI=1S/C18H20N2O5/c1-12-2-4-14(25-12)10-20-18(22)7-6-17(21)19-9-13-3-5-15-16(8-13)24-11-23-15/h2-5,8H,6-7,9-11H2,1H3,(H,19,21)(H,20,22). The fourth-order valence-electron chi connectivity index (χ4n) is 2.42. The van der Waals surface area contributed by atoms with Crippen molar-refractivity contribution < 1.29 is 23.5 Å². The molecule has 0 fully saturated rings. The van der Waals surface area contributed by atoms with Crippen molar-refractivity contribution in [3.05, 3.63) is 47.4 Å². The lowest BCUT2D eigenvalue weighted by molar-refractivity contribution is -0.126. The van der Waals surface area contributed by atoms with Gasteiger partial charge >= 0.3 is 0 Å². The van der Waals surface area contributed by atoms with E-state index in [0.717, 1.165) is 11.3 Å². The van der Waals surface area contributed by atoms with Gasteiger partial charge < -0.3 is 24.5 Å². The van der Waals surface area contributed by atoms with E-state index >= 15 is 0 Å². The van der Waals surface area contributed by atoms with Gasteiger partial charge in [-0.25, -0.2) is 0 Å². The van der Waals surface area contributed by atoms with Gasteiger partial charge in [0, 0.05) is 19.4 Å². The fourth-order valence-corrected chi connectivity index (χ4v) is 2.42. The Kier molecular flexibility index (Phi) is 5.23. The average Bonchev–Trinajstić information content (AvgIpc) is 3.24. The number of benzene rings is 1. The average molecular weight is 344 g/mol. The van der Waals surface area contributed by atoms with E-state index in [2.05, 4.69) is 10.6 Å². The summed E-state index contributed by atoms with van der Waals surface area (Å²) >= 11 is 0. The molecule has 2 amide bonds. The monoisotopic (exact) mass is 344 g/mol. The number of aryl methyl sites for hydroxylation is 1. The van der Waals surface area contributed by atoms with Gasteiger partial charge in [0.25, 0.3) is 0 Å². The van der Waals surface area contributed by atoms with E-state index in [9.17, 15) is 9.59 Å². The summed E-state index contributed by atoms with van der Waals surface area (Å²) in [6.45, 7) is 2.77. The molecule has 7 heteroatoms. The third kappa shape index (κ3) is 4.76. The Morgan fingerprint density at radius 1 is 0.960 bits per heavy atom. The van der Waals surface area contributed by atoms with Gasteiger partial charge in [-0.15, -0.1) is 0 Å². The topological polar surface area (TPSA) is 89.8 Å². The molecular weight excluding hydrogens is 324 g/mol. The molecule has 0 bridgehead atoms. The van der Waals surface area contributed by atoms with Gasteiger partial charge in [0.05, 0.1) is 6.54 Å². The normalized spacial score (nSPS) is 12.0. The third-order valence-corrected chi connectivity index (χ3v) is 3.76. The van der Waals surface area contributed by atoms with E-state index in [4.69, 9.17) is 13.9 Å². The Bertz CT molecular complexity index is 769. The maximum atomic E-state index is 11.9. The molecule has 0 atom stereocenters. The molecule has 132 valence electrons. The molecule has 0 unspecified atom stereocenters. The van der Waals surface area contributed by atoms with E-state index in [-0.39, 0.29) is 31.4 Å². The molecule has 0 radical (unpaired) electrons. The van der Waals surface area contributed by atoms with Crippen LogP contribution in [-0.4, -0.2) is 18.6 Å². The zero-order chi connectivity index (χ0) is 17.6. The molecule has 0 saturated carbocycles. The zero-order valence-corrected chi connectivity index (χ0v) is 14.0. The van der Waals surface area contributed by atoms with Gasteiger partial charge in [0.1, 0.15) is 11.5 Å². The summed E-state index contributed by atoms with van der Waals surface area (Å²) in [4.78, 5) is 23.6. The lowest BCUT2D eigenvalue weighted by atomic mass is 10.2. The summed E-state index contributed by atoms with van der Waals surface area (Å²) in [5, 5.41) is 5.52. The highest BCUT2D eigenvalue weighted by Crippen LogP contribution is 2.32. The van der Waals surface area contributed by atoms with E-state index < -0.39 is 0 Å². The molecule has 1 aliphatic rings. The molecule has 2 N–H and O–H groups in total. The van der Waals surface area contributed by atoms with Gasteiger partial charge in [0.2, 0.25) is 18.6 Å².